The minimum Gasteiger partial charge on any atom is -0.481 e. The van der Waals surface area contributed by atoms with Gasteiger partial charge < -0.3 is 10.0 Å². The molecule has 2 rings (SSSR count). The lowest BCUT2D eigenvalue weighted by Gasteiger charge is -2.33. The maximum absolute atomic E-state index is 12.0. The first-order chi connectivity index (χ1) is 9.50. The van der Waals surface area contributed by atoms with Gasteiger partial charge in [0.15, 0.2) is 0 Å². The van der Waals surface area contributed by atoms with Crippen LogP contribution in [0.15, 0.2) is 28.7 Å². The highest BCUT2D eigenvalue weighted by Crippen LogP contribution is 2.33. The molecule has 1 unspecified atom stereocenters. The summed E-state index contributed by atoms with van der Waals surface area (Å²) in [6.07, 6.45) is 1.75. The number of benzene rings is 1. The van der Waals surface area contributed by atoms with Gasteiger partial charge in [-0.05, 0) is 37.3 Å². The van der Waals surface area contributed by atoms with Crippen molar-refractivity contribution in [3.63, 3.8) is 0 Å². The molecule has 1 aliphatic heterocycles. The minimum atomic E-state index is -1.05. The van der Waals surface area contributed by atoms with Gasteiger partial charge in [0.1, 0.15) is 5.92 Å². The van der Waals surface area contributed by atoms with Crippen LogP contribution in [0.5, 0.6) is 0 Å². The molecule has 20 heavy (non-hydrogen) atoms. The van der Waals surface area contributed by atoms with Crippen molar-refractivity contribution in [2.45, 2.75) is 25.7 Å². The predicted octanol–water partition coefficient (Wildman–Crippen LogP) is 2.88. The smallest absolute Gasteiger partial charge is 0.315 e. The van der Waals surface area contributed by atoms with Crippen molar-refractivity contribution in [2.24, 2.45) is 5.92 Å². The maximum Gasteiger partial charge on any atom is 0.315 e. The fourth-order valence-electron chi connectivity index (χ4n) is 2.60. The highest BCUT2D eigenvalue weighted by Gasteiger charge is 2.30. The van der Waals surface area contributed by atoms with Crippen molar-refractivity contribution >= 4 is 27.8 Å². The van der Waals surface area contributed by atoms with Crippen molar-refractivity contribution in [2.75, 3.05) is 13.1 Å². The van der Waals surface area contributed by atoms with Gasteiger partial charge in [-0.25, -0.2) is 0 Å². The van der Waals surface area contributed by atoms with Gasteiger partial charge in [0.25, 0.3) is 0 Å². The molecule has 0 aromatic heterocycles. The largest absolute Gasteiger partial charge is 0.481 e. The Bertz CT molecular complexity index is 510. The van der Waals surface area contributed by atoms with E-state index in [0.29, 0.717) is 19.0 Å². The number of rotatable bonds is 3. The summed E-state index contributed by atoms with van der Waals surface area (Å²) < 4.78 is 1.10. The van der Waals surface area contributed by atoms with Gasteiger partial charge in [0.2, 0.25) is 5.91 Å². The number of carbonyl (C=O) groups is 2. The molecule has 0 aliphatic carbocycles. The molecular weight excluding hydrogens is 322 g/mol. The third-order valence-electron chi connectivity index (χ3n) is 3.89. The minimum absolute atomic E-state index is 0.275. The predicted molar refractivity (Wildman–Crippen MR) is 79.5 cm³/mol. The van der Waals surface area contributed by atoms with Crippen LogP contribution in [0, 0.1) is 5.92 Å². The molecule has 1 heterocycles. The molecule has 0 bridgehead atoms. The lowest BCUT2D eigenvalue weighted by Crippen LogP contribution is -2.42. The molecule has 1 aliphatic rings. The number of amides is 1. The van der Waals surface area contributed by atoms with E-state index >= 15 is 0 Å². The number of halogens is 1. The lowest BCUT2D eigenvalue weighted by molar-refractivity contribution is -0.150. The number of hydrogen-bond acceptors (Lipinski definition) is 2. The topological polar surface area (TPSA) is 57.6 Å². The third kappa shape index (κ3) is 3.20. The Morgan fingerprint density at radius 1 is 1.30 bits per heavy atom. The second-order valence-corrected chi connectivity index (χ2v) is 6.04. The van der Waals surface area contributed by atoms with E-state index in [0.717, 1.165) is 17.3 Å². The Morgan fingerprint density at radius 3 is 2.45 bits per heavy atom. The van der Waals surface area contributed by atoms with Gasteiger partial charge in [-0.15, -0.1) is 0 Å². The van der Waals surface area contributed by atoms with E-state index in [9.17, 15) is 9.59 Å². The number of likely N-dealkylation sites (tertiary alicyclic amines) is 1. The average molecular weight is 340 g/mol. The second kappa shape index (κ2) is 6.39. The van der Waals surface area contributed by atoms with Gasteiger partial charge in [0, 0.05) is 17.6 Å². The Labute approximate surface area is 126 Å². The van der Waals surface area contributed by atoms with E-state index in [-0.39, 0.29) is 5.91 Å². The van der Waals surface area contributed by atoms with Crippen molar-refractivity contribution < 1.29 is 14.7 Å². The van der Waals surface area contributed by atoms with Gasteiger partial charge in [-0.1, -0.05) is 34.1 Å². The monoisotopic (exact) mass is 339 g/mol. The molecule has 5 heteroatoms. The van der Waals surface area contributed by atoms with Gasteiger partial charge >= 0.3 is 5.97 Å². The molecule has 0 radical (unpaired) electrons. The number of hydrogen-bond donors (Lipinski definition) is 1. The van der Waals surface area contributed by atoms with E-state index in [1.807, 2.05) is 18.2 Å². The first kappa shape index (κ1) is 15.0. The zero-order valence-corrected chi connectivity index (χ0v) is 13.0. The lowest BCUT2D eigenvalue weighted by atomic mass is 9.89. The van der Waals surface area contributed by atoms with Crippen LogP contribution in [-0.2, 0) is 9.59 Å². The summed E-state index contributed by atoms with van der Waals surface area (Å²) in [5.41, 5.74) is 1.27. The normalized spacial score (nSPS) is 17.8. The Hall–Kier alpha value is -1.36. The summed E-state index contributed by atoms with van der Waals surface area (Å²) in [6, 6.07) is 8.14. The maximum atomic E-state index is 12.0. The first-order valence-electron chi connectivity index (χ1n) is 6.76. The van der Waals surface area contributed by atoms with Crippen LogP contribution in [0.1, 0.15) is 31.2 Å². The van der Waals surface area contributed by atoms with E-state index in [1.54, 1.807) is 4.90 Å². The van der Waals surface area contributed by atoms with Crippen LogP contribution in [0.4, 0.5) is 0 Å². The van der Waals surface area contributed by atoms with E-state index in [4.69, 9.17) is 5.11 Å². The van der Waals surface area contributed by atoms with Crippen LogP contribution in [0.3, 0.4) is 0 Å². The number of nitrogens with zero attached hydrogens (tertiary/aromatic N) is 1. The number of aliphatic carboxylic acids is 1. The molecule has 1 aromatic carbocycles. The van der Waals surface area contributed by atoms with Crippen LogP contribution in [0.25, 0.3) is 0 Å². The van der Waals surface area contributed by atoms with Crippen LogP contribution in [0.2, 0.25) is 0 Å². The number of carboxylic acids is 1. The second-order valence-electron chi connectivity index (χ2n) is 5.18. The first-order valence-corrected chi connectivity index (χ1v) is 7.56. The Balaban J connectivity index is 1.98. The summed E-state index contributed by atoms with van der Waals surface area (Å²) in [7, 11) is 0. The van der Waals surface area contributed by atoms with Gasteiger partial charge in [0.05, 0.1) is 0 Å². The third-order valence-corrected chi connectivity index (χ3v) is 4.61. The fourth-order valence-corrected chi connectivity index (χ4v) is 3.21. The summed E-state index contributed by atoms with van der Waals surface area (Å²) in [4.78, 5) is 24.5. The van der Waals surface area contributed by atoms with Gasteiger partial charge in [-0.3, -0.25) is 9.59 Å². The van der Waals surface area contributed by atoms with Crippen molar-refractivity contribution in [1.29, 1.82) is 0 Å². The van der Waals surface area contributed by atoms with Crippen molar-refractivity contribution in [3.05, 3.63) is 34.3 Å². The number of piperidine rings is 1. The summed E-state index contributed by atoms with van der Waals surface area (Å²) in [5, 5.41) is 8.90. The van der Waals surface area contributed by atoms with Crippen LogP contribution < -0.4 is 0 Å². The molecule has 1 N–H and O–H groups in total. The molecule has 4 nitrogen and oxygen atoms in total. The van der Waals surface area contributed by atoms with E-state index < -0.39 is 11.9 Å². The molecule has 1 fully saturated rings. The average Bonchev–Trinajstić information content (AvgIpc) is 2.46. The molecule has 0 spiro atoms. The van der Waals surface area contributed by atoms with Crippen LogP contribution in [-0.4, -0.2) is 35.0 Å². The molecule has 1 atom stereocenters. The Kier molecular flexibility index (Phi) is 4.81. The molecular formula is C15H18BrNO3. The van der Waals surface area contributed by atoms with E-state index in [2.05, 4.69) is 22.0 Å². The SMILES string of the molecule is CC(C(=O)O)C(=O)N1CCC(c2ccccc2Br)CC1. The Morgan fingerprint density at radius 2 is 1.90 bits per heavy atom. The molecule has 1 saturated heterocycles. The quantitative estimate of drug-likeness (QED) is 0.861. The molecule has 0 saturated carbocycles. The van der Waals surface area contributed by atoms with Gasteiger partial charge in [-0.2, -0.15) is 0 Å². The standard InChI is InChI=1S/C15H18BrNO3/c1-10(15(19)20)14(18)17-8-6-11(7-9-17)12-4-2-3-5-13(12)16/h2-5,10-11H,6-9H2,1H3,(H,19,20). The summed E-state index contributed by atoms with van der Waals surface area (Å²) in [5.74, 6) is -1.85. The van der Waals surface area contributed by atoms with Crippen molar-refractivity contribution in [1.82, 2.24) is 4.90 Å². The van der Waals surface area contributed by atoms with E-state index in [1.165, 1.54) is 12.5 Å². The summed E-state index contributed by atoms with van der Waals surface area (Å²) >= 11 is 3.56. The number of carbonyl (C=O) groups excluding carboxylic acids is 1. The van der Waals surface area contributed by atoms with Crippen molar-refractivity contribution in [3.8, 4) is 0 Å². The highest BCUT2D eigenvalue weighted by atomic mass is 79.9. The molecule has 1 amide bonds. The molecule has 108 valence electrons. The molecule has 1 aromatic rings. The van der Waals surface area contributed by atoms with Crippen LogP contribution >= 0.6 is 15.9 Å². The fraction of sp³-hybridized carbons (Fsp3) is 0.467. The summed E-state index contributed by atoms with van der Waals surface area (Å²) in [6.45, 7) is 2.70. The zero-order chi connectivity index (χ0) is 14.7. The zero-order valence-electron chi connectivity index (χ0n) is 11.4. The number of carboxylic acid groups (broad SMARTS) is 1. The highest BCUT2D eigenvalue weighted by molar-refractivity contribution is 9.10.